The van der Waals surface area contributed by atoms with Gasteiger partial charge in [0.2, 0.25) is 0 Å². The minimum Gasteiger partial charge on any atom is -0.398 e. The van der Waals surface area contributed by atoms with Crippen LogP contribution in [0, 0.1) is 0 Å². The third-order valence-corrected chi connectivity index (χ3v) is 5.63. The van der Waals surface area contributed by atoms with Crippen molar-refractivity contribution in [3.05, 3.63) is 23.2 Å². The van der Waals surface area contributed by atoms with Crippen molar-refractivity contribution in [2.24, 2.45) is 0 Å². The lowest BCUT2D eigenvalue weighted by Gasteiger charge is -2.16. The average molecular weight is 262 g/mol. The molecule has 0 aliphatic rings. The first-order valence-electron chi connectivity index (χ1n) is 5.23. The molecule has 16 heavy (non-hydrogen) atoms. The molecule has 0 spiro atoms. The van der Waals surface area contributed by atoms with Crippen molar-refractivity contribution in [3.8, 4) is 0 Å². The quantitative estimate of drug-likeness (QED) is 0.848. The fourth-order valence-electron chi connectivity index (χ4n) is 1.72. The summed E-state index contributed by atoms with van der Waals surface area (Å²) < 4.78 is 24.5. The highest BCUT2D eigenvalue weighted by atomic mass is 35.5. The van der Waals surface area contributed by atoms with Crippen molar-refractivity contribution in [1.82, 2.24) is 0 Å². The molecule has 3 nitrogen and oxygen atoms in total. The Hall–Kier alpha value is -0.740. The summed E-state index contributed by atoms with van der Waals surface area (Å²) in [6.45, 7) is 3.69. The highest BCUT2D eigenvalue weighted by Crippen LogP contribution is 2.31. The number of hydrogen-bond donors (Lipinski definition) is 1. The maximum atomic E-state index is 12.3. The molecule has 1 aromatic carbocycles. The molecule has 0 aliphatic carbocycles. The highest BCUT2D eigenvalue weighted by molar-refractivity contribution is 7.92. The number of sulfone groups is 1. The third kappa shape index (κ3) is 2.33. The summed E-state index contributed by atoms with van der Waals surface area (Å²) in [6.07, 6.45) is 1.12. The van der Waals surface area contributed by atoms with Crippen LogP contribution in [0.15, 0.2) is 23.1 Å². The van der Waals surface area contributed by atoms with Crippen molar-refractivity contribution in [2.45, 2.75) is 36.8 Å². The summed E-state index contributed by atoms with van der Waals surface area (Å²) in [5.41, 5.74) is 5.91. The topological polar surface area (TPSA) is 60.2 Å². The van der Waals surface area contributed by atoms with Crippen LogP contribution in [0.2, 0.25) is 5.02 Å². The molecule has 0 saturated heterocycles. The van der Waals surface area contributed by atoms with Crippen LogP contribution in [0.3, 0.4) is 0 Å². The lowest BCUT2D eigenvalue weighted by molar-refractivity contribution is 0.572. The highest BCUT2D eigenvalue weighted by Gasteiger charge is 2.28. The van der Waals surface area contributed by atoms with Crippen molar-refractivity contribution in [2.75, 3.05) is 5.73 Å². The van der Waals surface area contributed by atoms with Crippen molar-refractivity contribution in [3.63, 3.8) is 0 Å². The molecule has 0 fully saturated rings. The molecule has 0 aliphatic heterocycles. The van der Waals surface area contributed by atoms with E-state index in [2.05, 4.69) is 0 Å². The van der Waals surface area contributed by atoms with Crippen LogP contribution in [0.25, 0.3) is 0 Å². The summed E-state index contributed by atoms with van der Waals surface area (Å²) in [6, 6.07) is 4.75. The molecule has 0 aromatic heterocycles. The summed E-state index contributed by atoms with van der Waals surface area (Å²) in [5, 5.41) is -0.221. The lowest BCUT2D eigenvalue weighted by Crippen LogP contribution is -2.21. The smallest absolute Gasteiger partial charge is 0.184 e. The second-order valence-corrected chi connectivity index (χ2v) is 6.21. The van der Waals surface area contributed by atoms with Gasteiger partial charge in [0.05, 0.1) is 16.0 Å². The van der Waals surface area contributed by atoms with E-state index in [1.54, 1.807) is 18.2 Å². The van der Waals surface area contributed by atoms with E-state index in [1.807, 2.05) is 13.8 Å². The molecule has 5 heteroatoms. The maximum Gasteiger partial charge on any atom is 0.184 e. The molecule has 0 radical (unpaired) electrons. The van der Waals surface area contributed by atoms with Crippen molar-refractivity contribution >= 4 is 27.1 Å². The number of nitrogen functional groups attached to an aromatic ring is 1. The monoisotopic (exact) mass is 261 g/mol. The van der Waals surface area contributed by atoms with Crippen LogP contribution < -0.4 is 5.73 Å². The van der Waals surface area contributed by atoms with Gasteiger partial charge in [0.15, 0.2) is 9.84 Å². The van der Waals surface area contributed by atoms with Crippen molar-refractivity contribution < 1.29 is 8.42 Å². The van der Waals surface area contributed by atoms with Crippen LogP contribution in [0.4, 0.5) is 5.69 Å². The Morgan fingerprint density at radius 2 is 1.88 bits per heavy atom. The van der Waals surface area contributed by atoms with Gasteiger partial charge in [-0.25, -0.2) is 8.42 Å². The third-order valence-electron chi connectivity index (χ3n) is 2.63. The summed E-state index contributed by atoms with van der Waals surface area (Å²) >= 11 is 5.91. The lowest BCUT2D eigenvalue weighted by atomic mass is 10.3. The van der Waals surface area contributed by atoms with Gasteiger partial charge in [-0.15, -0.1) is 0 Å². The number of anilines is 1. The number of rotatable bonds is 4. The summed E-state index contributed by atoms with van der Waals surface area (Å²) in [5.74, 6) is 0. The molecular formula is C11H16ClNO2S. The van der Waals surface area contributed by atoms with Gasteiger partial charge in [0.25, 0.3) is 0 Å². The van der Waals surface area contributed by atoms with E-state index in [9.17, 15) is 8.42 Å². The molecule has 1 rings (SSSR count). The molecule has 0 heterocycles. The molecule has 0 amide bonds. The first kappa shape index (κ1) is 13.3. The first-order chi connectivity index (χ1) is 7.45. The Kier molecular flexibility index (Phi) is 4.21. The normalized spacial score (nSPS) is 12.0. The van der Waals surface area contributed by atoms with Gasteiger partial charge in [-0.05, 0) is 25.0 Å². The average Bonchev–Trinajstić information content (AvgIpc) is 2.18. The zero-order valence-corrected chi connectivity index (χ0v) is 11.0. The van der Waals surface area contributed by atoms with Crippen LogP contribution in [-0.4, -0.2) is 13.7 Å². The Labute approximate surface area is 102 Å². The van der Waals surface area contributed by atoms with E-state index in [-0.39, 0.29) is 15.6 Å². The molecule has 0 unspecified atom stereocenters. The standard InChI is InChI=1S/C11H16ClNO2S/c1-3-8(4-2)16(14,15)11-9(12)6-5-7-10(11)13/h5-8H,3-4,13H2,1-2H3. The molecule has 0 atom stereocenters. The van der Waals surface area contributed by atoms with Crippen LogP contribution in [0.1, 0.15) is 26.7 Å². The predicted molar refractivity (Wildman–Crippen MR) is 67.4 cm³/mol. The van der Waals surface area contributed by atoms with E-state index < -0.39 is 15.1 Å². The number of nitrogens with two attached hydrogens (primary N) is 1. The number of hydrogen-bond acceptors (Lipinski definition) is 3. The summed E-state index contributed by atoms with van der Waals surface area (Å²) in [4.78, 5) is 0.0744. The number of halogens is 1. The fraction of sp³-hybridized carbons (Fsp3) is 0.455. The van der Waals surface area contributed by atoms with Gasteiger partial charge >= 0.3 is 0 Å². The van der Waals surface area contributed by atoms with E-state index in [1.165, 1.54) is 0 Å². The molecule has 90 valence electrons. The van der Waals surface area contributed by atoms with E-state index >= 15 is 0 Å². The van der Waals surface area contributed by atoms with Gasteiger partial charge in [0, 0.05) is 0 Å². The van der Waals surface area contributed by atoms with E-state index in [0.29, 0.717) is 12.8 Å². The van der Waals surface area contributed by atoms with Crippen LogP contribution >= 0.6 is 11.6 Å². The first-order valence-corrected chi connectivity index (χ1v) is 7.15. The molecule has 1 aromatic rings. The largest absolute Gasteiger partial charge is 0.398 e. The number of benzene rings is 1. The fourth-order valence-corrected chi connectivity index (χ4v) is 4.17. The molecule has 2 N–H and O–H groups in total. The van der Waals surface area contributed by atoms with Crippen LogP contribution in [-0.2, 0) is 9.84 Å². The van der Waals surface area contributed by atoms with Gasteiger partial charge in [-0.3, -0.25) is 0 Å². The molecular weight excluding hydrogens is 246 g/mol. The SMILES string of the molecule is CCC(CC)S(=O)(=O)c1c(N)cccc1Cl. The Morgan fingerprint density at radius 3 is 2.31 bits per heavy atom. The van der Waals surface area contributed by atoms with Gasteiger partial charge in [-0.2, -0.15) is 0 Å². The van der Waals surface area contributed by atoms with Gasteiger partial charge < -0.3 is 5.73 Å². The molecule has 0 saturated carbocycles. The zero-order valence-electron chi connectivity index (χ0n) is 9.40. The second kappa shape index (κ2) is 5.06. The zero-order chi connectivity index (χ0) is 12.3. The Morgan fingerprint density at radius 1 is 1.31 bits per heavy atom. The van der Waals surface area contributed by atoms with Crippen LogP contribution in [0.5, 0.6) is 0 Å². The minimum absolute atomic E-state index is 0.0744. The predicted octanol–water partition coefficient (Wildman–Crippen LogP) is 2.88. The Bertz CT molecular complexity index is 447. The Balaban J connectivity index is 3.38. The maximum absolute atomic E-state index is 12.3. The van der Waals surface area contributed by atoms with Gasteiger partial charge in [-0.1, -0.05) is 31.5 Å². The van der Waals surface area contributed by atoms with Gasteiger partial charge in [0.1, 0.15) is 4.90 Å². The summed E-state index contributed by atoms with van der Waals surface area (Å²) in [7, 11) is -3.42. The second-order valence-electron chi connectivity index (χ2n) is 3.64. The minimum atomic E-state index is -3.42. The molecule has 0 bridgehead atoms. The van der Waals surface area contributed by atoms with E-state index in [4.69, 9.17) is 17.3 Å². The van der Waals surface area contributed by atoms with Crippen molar-refractivity contribution in [1.29, 1.82) is 0 Å². The van der Waals surface area contributed by atoms with E-state index in [0.717, 1.165) is 0 Å².